The molecule has 1 nitrogen and oxygen atoms in total. The van der Waals surface area contributed by atoms with E-state index in [0.29, 0.717) is 11.7 Å². The van der Waals surface area contributed by atoms with Gasteiger partial charge in [0.1, 0.15) is 5.75 Å². The van der Waals surface area contributed by atoms with Crippen molar-refractivity contribution in [1.82, 2.24) is 0 Å². The zero-order valence-corrected chi connectivity index (χ0v) is 23.4. The molecule has 0 amide bonds. The molecule has 0 fully saturated rings. The maximum absolute atomic E-state index is 10.0. The van der Waals surface area contributed by atoms with Gasteiger partial charge in [0.05, 0.1) is 8.80 Å². The topological polar surface area (TPSA) is 20.2 Å². The van der Waals surface area contributed by atoms with Gasteiger partial charge >= 0.3 is 24.8 Å². The molecule has 2 rings (SSSR count). The third-order valence-electron chi connectivity index (χ3n) is 4.81. The van der Waals surface area contributed by atoms with Crippen LogP contribution in [0.1, 0.15) is 59.6 Å². The Labute approximate surface area is 199 Å². The van der Waals surface area contributed by atoms with E-state index in [0.717, 1.165) is 5.56 Å². The van der Waals surface area contributed by atoms with E-state index < -0.39 is 8.80 Å². The van der Waals surface area contributed by atoms with E-state index >= 15 is 0 Å². The zero-order chi connectivity index (χ0) is 20.8. The molecule has 0 bridgehead atoms. The van der Waals surface area contributed by atoms with E-state index in [4.69, 9.17) is 0 Å². The van der Waals surface area contributed by atoms with Crippen LogP contribution >= 0.6 is 24.8 Å². The van der Waals surface area contributed by atoms with Crippen LogP contribution in [0, 0.1) is 18.9 Å². The van der Waals surface area contributed by atoms with Crippen LogP contribution in [0.25, 0.3) is 0 Å². The first-order valence-corrected chi connectivity index (χ1v) is 12.7. The summed E-state index contributed by atoms with van der Waals surface area (Å²) in [5.74, 6) is 1.05. The fourth-order valence-electron chi connectivity index (χ4n) is 3.05. The molecule has 1 unspecified atom stereocenters. The van der Waals surface area contributed by atoms with Crippen LogP contribution in [0.15, 0.2) is 28.9 Å². The summed E-state index contributed by atoms with van der Waals surface area (Å²) < 4.78 is 0. The summed E-state index contributed by atoms with van der Waals surface area (Å²) in [7, 11) is -0.621. The summed E-state index contributed by atoms with van der Waals surface area (Å²) in [5.41, 5.74) is 6.80. The fourth-order valence-corrected chi connectivity index (χ4v) is 4.62. The molecule has 1 atom stereocenters. The normalized spacial score (nSPS) is 15.5. The van der Waals surface area contributed by atoms with Gasteiger partial charge in [0.15, 0.2) is 0 Å². The van der Waals surface area contributed by atoms with E-state index in [1.807, 2.05) is 13.0 Å². The summed E-state index contributed by atoms with van der Waals surface area (Å²) in [6.45, 7) is 21.8. The van der Waals surface area contributed by atoms with Gasteiger partial charge < -0.3 is 5.11 Å². The Morgan fingerprint density at radius 1 is 1.04 bits per heavy atom. The Morgan fingerprint density at radius 2 is 1.50 bits per heavy atom. The Balaban J connectivity index is -0.000000416. The van der Waals surface area contributed by atoms with Gasteiger partial charge in [0.25, 0.3) is 0 Å². The van der Waals surface area contributed by atoms with Gasteiger partial charge in [-0.25, -0.2) is 5.57 Å². The van der Waals surface area contributed by atoms with Gasteiger partial charge in [-0.1, -0.05) is 66.6 Å². The number of hydrogen-bond donors (Lipinski definition) is 1. The van der Waals surface area contributed by atoms with E-state index in [1.54, 1.807) is 20.0 Å². The van der Waals surface area contributed by atoms with Crippen LogP contribution in [-0.4, -0.2) is 18.7 Å². The van der Waals surface area contributed by atoms with Crippen molar-refractivity contribution in [2.75, 3.05) is 0 Å². The molecule has 1 aromatic carbocycles. The van der Waals surface area contributed by atoms with Crippen molar-refractivity contribution in [3.8, 4) is 5.75 Å². The van der Waals surface area contributed by atoms with E-state index in [-0.39, 0.29) is 30.2 Å². The quantitative estimate of drug-likeness (QED) is 0.362. The molecule has 5 heteroatoms. The number of phenols is 1. The zero-order valence-electron chi connectivity index (χ0n) is 19.2. The first kappa shape index (κ1) is 32.5. The Morgan fingerprint density at radius 3 is 1.75 bits per heavy atom. The van der Waals surface area contributed by atoms with Gasteiger partial charge in [-0.2, -0.15) is 11.1 Å². The molecule has 1 aromatic rings. The fraction of sp³-hybridized carbons (Fsp3) is 0.522. The maximum atomic E-state index is 10.0. The minimum absolute atomic E-state index is 0. The van der Waals surface area contributed by atoms with Crippen molar-refractivity contribution in [3.63, 3.8) is 0 Å². The number of allylic oxidation sites excluding steroid dienone is 4. The molecule has 1 aliphatic carbocycles. The summed E-state index contributed by atoms with van der Waals surface area (Å²) in [5, 5.41) is 11.2. The Hall–Kier alpha value is -0.119. The average Bonchev–Trinajstić information content (AvgIpc) is 2.74. The second-order valence-electron chi connectivity index (χ2n) is 8.26. The number of aromatic hydroxyl groups is 1. The van der Waals surface area contributed by atoms with Crippen LogP contribution in [-0.2, 0) is 25.4 Å². The molecule has 0 saturated carbocycles. The predicted molar refractivity (Wildman–Crippen MR) is 130 cm³/mol. The van der Waals surface area contributed by atoms with Crippen LogP contribution in [0.4, 0.5) is 0 Å². The first-order valence-electron chi connectivity index (χ1n) is 9.14. The van der Waals surface area contributed by atoms with Crippen molar-refractivity contribution >= 4 is 43.6 Å². The third kappa shape index (κ3) is 9.13. The molecular formula is C23H38Cl2OSiTi. The van der Waals surface area contributed by atoms with E-state index in [1.165, 1.54) is 27.5 Å². The van der Waals surface area contributed by atoms with Crippen molar-refractivity contribution < 1.29 is 25.1 Å². The van der Waals surface area contributed by atoms with Crippen molar-refractivity contribution in [1.29, 1.82) is 0 Å². The number of halogens is 2. The van der Waals surface area contributed by atoms with Crippen molar-refractivity contribution in [2.45, 2.75) is 73.9 Å². The minimum atomic E-state index is -0.621. The van der Waals surface area contributed by atoms with Gasteiger partial charge in [-0.3, -0.25) is 6.08 Å². The average molecular weight is 477 g/mol. The summed E-state index contributed by atoms with van der Waals surface area (Å²) in [6.07, 6.45) is 3.36. The molecule has 0 spiro atoms. The number of aryl methyl sites for hydroxylation is 1. The van der Waals surface area contributed by atoms with Crippen LogP contribution in [0.2, 0.25) is 13.1 Å². The number of rotatable bonds is 1. The first-order chi connectivity index (χ1) is 11.9. The monoisotopic (exact) mass is 476 g/mol. The molecule has 158 valence electrons. The van der Waals surface area contributed by atoms with Gasteiger partial charge in [0.2, 0.25) is 0 Å². The van der Waals surface area contributed by atoms with Gasteiger partial charge in [-0.15, -0.1) is 31.7 Å². The second-order valence-corrected chi connectivity index (χ2v) is 10.8. The molecule has 28 heavy (non-hydrogen) atoms. The Kier molecular flexibility index (Phi) is 16.3. The molecule has 1 N–H and O–H groups in total. The SMILES string of the molecule is CC1=[C-]C(C)C(C)=C1C.Cc1cc(O)c([Si](C)C)c(C(C)(C)C)c1.Cl.Cl.[CH2]=[Ti+]. The van der Waals surface area contributed by atoms with Crippen LogP contribution in [0.3, 0.4) is 0 Å². The molecule has 1 radical (unpaired) electrons. The molecule has 0 heterocycles. The molecule has 0 saturated heterocycles. The number of benzene rings is 1. The van der Waals surface area contributed by atoms with Gasteiger partial charge in [0, 0.05) is 0 Å². The molecule has 0 aliphatic heterocycles. The molecular weight excluding hydrogens is 439 g/mol. The summed E-state index contributed by atoms with van der Waals surface area (Å²) in [6, 6.07) is 4.09. The van der Waals surface area contributed by atoms with E-state index in [9.17, 15) is 5.11 Å². The Bertz CT molecular complexity index is 689. The van der Waals surface area contributed by atoms with Crippen molar-refractivity contribution in [3.05, 3.63) is 46.1 Å². The summed E-state index contributed by atoms with van der Waals surface area (Å²) >= 11 is 1.75. The number of hydrogen-bond acceptors (Lipinski definition) is 1. The standard InChI is InChI=1S/C13H21OSi.C9H13.CH2.2ClH.Ti/c1-9-7-10(13(2,3)4)12(15(5)6)11(14)8-9;1-6-5-7(2)9(4)8(6)3;;;;/h7-8,14H,1-6H3;6H,1-4H3;1H2;2*1H;/q;-1;;;;+1. The van der Waals surface area contributed by atoms with Gasteiger partial charge in [-0.05, 0) is 34.7 Å². The van der Waals surface area contributed by atoms with E-state index in [2.05, 4.69) is 78.5 Å². The number of phenolic OH excluding ortho intramolecular Hbond substituents is 1. The molecule has 1 aliphatic rings. The second kappa shape index (κ2) is 14.0. The van der Waals surface area contributed by atoms with Crippen LogP contribution in [0.5, 0.6) is 5.75 Å². The third-order valence-corrected chi connectivity index (χ3v) is 6.33. The van der Waals surface area contributed by atoms with Crippen LogP contribution < -0.4 is 5.19 Å². The predicted octanol–water partition coefficient (Wildman–Crippen LogP) is 6.49. The van der Waals surface area contributed by atoms with Crippen molar-refractivity contribution in [2.24, 2.45) is 5.92 Å². The summed E-state index contributed by atoms with van der Waals surface area (Å²) in [4.78, 5) is 3.25. The molecule has 0 aromatic heterocycles.